The number of hydrazine groups is 1. The van der Waals surface area contributed by atoms with Crippen molar-refractivity contribution in [1.82, 2.24) is 10.7 Å². The second kappa shape index (κ2) is 7.91. The summed E-state index contributed by atoms with van der Waals surface area (Å²) >= 11 is 0. The van der Waals surface area contributed by atoms with Crippen LogP contribution in [0.2, 0.25) is 0 Å². The molecule has 168 valence electrons. The fourth-order valence-corrected chi connectivity index (χ4v) is 4.91. The molecule has 0 aromatic heterocycles. The molecule has 2 aliphatic carbocycles. The molecule has 3 unspecified atom stereocenters. The van der Waals surface area contributed by atoms with Crippen LogP contribution in [0.25, 0.3) is 5.57 Å². The Bertz CT molecular complexity index is 1090. The third-order valence-electron chi connectivity index (χ3n) is 6.77. The number of allylic oxidation sites excluding steroid dienone is 4. The second-order valence-electron chi connectivity index (χ2n) is 8.90. The summed E-state index contributed by atoms with van der Waals surface area (Å²) in [7, 11) is 0. The maximum atomic E-state index is 13.0. The Morgan fingerprint density at radius 3 is 2.81 bits per heavy atom. The first kappa shape index (κ1) is 21.8. The van der Waals surface area contributed by atoms with Crippen LogP contribution in [0.1, 0.15) is 38.2 Å². The number of aliphatic hydroxyl groups excluding tert-OH is 2. The predicted molar refractivity (Wildman–Crippen MR) is 124 cm³/mol. The summed E-state index contributed by atoms with van der Waals surface area (Å²) in [5.41, 5.74) is 7.55. The SMILES string of the molecule is C=C(C)/C=C\C(O)=C(\O)CC12CC(NC(=O)C3=CNNc4ccccc43)CCC1(O)C2=C. The smallest absolute Gasteiger partial charge is 0.253 e. The number of benzene rings is 1. The summed E-state index contributed by atoms with van der Waals surface area (Å²) in [6.45, 7) is 9.54. The summed E-state index contributed by atoms with van der Waals surface area (Å²) in [4.78, 5) is 13.0. The second-order valence-corrected chi connectivity index (χ2v) is 8.90. The van der Waals surface area contributed by atoms with E-state index in [1.54, 1.807) is 19.2 Å². The third kappa shape index (κ3) is 3.58. The van der Waals surface area contributed by atoms with Crippen molar-refractivity contribution >= 4 is 17.2 Å². The van der Waals surface area contributed by atoms with E-state index >= 15 is 0 Å². The van der Waals surface area contributed by atoms with Gasteiger partial charge >= 0.3 is 0 Å². The number of rotatable bonds is 6. The molecule has 0 radical (unpaired) electrons. The minimum atomic E-state index is -1.09. The van der Waals surface area contributed by atoms with E-state index in [1.807, 2.05) is 24.3 Å². The molecule has 1 heterocycles. The number of aliphatic hydroxyl groups is 3. The minimum absolute atomic E-state index is 0.0536. The van der Waals surface area contributed by atoms with Gasteiger partial charge < -0.3 is 31.5 Å². The van der Waals surface area contributed by atoms with Crippen molar-refractivity contribution in [3.8, 4) is 0 Å². The number of amides is 1. The Morgan fingerprint density at radius 2 is 2.06 bits per heavy atom. The van der Waals surface area contributed by atoms with Crippen LogP contribution in [0.5, 0.6) is 0 Å². The number of anilines is 1. The molecule has 0 spiro atoms. The lowest BCUT2D eigenvalue weighted by atomic mass is 9.80. The molecule has 6 N–H and O–H groups in total. The lowest BCUT2D eigenvalue weighted by Gasteiger charge is -2.33. The number of hydrogen-bond donors (Lipinski definition) is 6. The predicted octanol–water partition coefficient (Wildman–Crippen LogP) is 3.76. The first-order valence-corrected chi connectivity index (χ1v) is 10.7. The van der Waals surface area contributed by atoms with Crippen LogP contribution in [-0.4, -0.2) is 32.9 Å². The van der Waals surface area contributed by atoms with E-state index in [2.05, 4.69) is 29.3 Å². The van der Waals surface area contributed by atoms with E-state index in [9.17, 15) is 20.1 Å². The van der Waals surface area contributed by atoms with Gasteiger partial charge in [-0.25, -0.2) is 0 Å². The molecule has 32 heavy (non-hydrogen) atoms. The Hall–Kier alpha value is -3.45. The molecule has 1 aliphatic heterocycles. The van der Waals surface area contributed by atoms with Crippen LogP contribution < -0.4 is 16.2 Å². The molecule has 2 fully saturated rings. The maximum absolute atomic E-state index is 13.0. The third-order valence-corrected chi connectivity index (χ3v) is 6.77. The maximum Gasteiger partial charge on any atom is 0.253 e. The molecule has 1 aromatic rings. The van der Waals surface area contributed by atoms with Crippen molar-refractivity contribution in [2.24, 2.45) is 5.41 Å². The average Bonchev–Trinajstić information content (AvgIpc) is 3.25. The zero-order chi connectivity index (χ0) is 23.1. The first-order chi connectivity index (χ1) is 15.2. The van der Waals surface area contributed by atoms with Crippen LogP contribution >= 0.6 is 0 Å². The van der Waals surface area contributed by atoms with Crippen LogP contribution in [0.15, 0.2) is 78.4 Å². The van der Waals surface area contributed by atoms with Crippen LogP contribution in [0.4, 0.5) is 5.69 Å². The van der Waals surface area contributed by atoms with Crippen molar-refractivity contribution in [2.75, 3.05) is 5.43 Å². The topological polar surface area (TPSA) is 114 Å². The molecule has 7 heteroatoms. The average molecular weight is 436 g/mol. The molecule has 2 saturated carbocycles. The number of carbonyl (C=O) groups excluding carboxylic acids is 1. The van der Waals surface area contributed by atoms with Gasteiger partial charge in [-0.05, 0) is 43.9 Å². The van der Waals surface area contributed by atoms with Gasteiger partial charge in [-0.1, -0.05) is 43.0 Å². The van der Waals surface area contributed by atoms with Gasteiger partial charge in [0.25, 0.3) is 5.91 Å². The Balaban J connectivity index is 1.50. The minimum Gasteiger partial charge on any atom is -0.508 e. The quantitative estimate of drug-likeness (QED) is 0.230. The van der Waals surface area contributed by atoms with Crippen LogP contribution in [0, 0.1) is 5.41 Å². The summed E-state index contributed by atoms with van der Waals surface area (Å²) in [5, 5.41) is 34.8. The van der Waals surface area contributed by atoms with E-state index in [4.69, 9.17) is 0 Å². The standard InChI is InChI=1S/C25H29N3O4/c1-15(2)8-9-21(29)22(30)13-24-12-17(10-11-25(24,32)16(24)3)27-23(31)19-14-26-28-20-7-5-4-6-18(19)20/h4-9,14,17,26,28-30,32H,1,3,10-13H2,2H3,(H,27,31)/b9-8-,22-21-. The van der Waals surface area contributed by atoms with Gasteiger partial charge in [0.2, 0.25) is 0 Å². The zero-order valence-electron chi connectivity index (χ0n) is 18.1. The highest BCUT2D eigenvalue weighted by molar-refractivity contribution is 6.21. The fourth-order valence-electron chi connectivity index (χ4n) is 4.91. The number of nitrogens with one attached hydrogen (secondary N) is 3. The summed E-state index contributed by atoms with van der Waals surface area (Å²) in [6, 6.07) is 7.32. The van der Waals surface area contributed by atoms with E-state index in [-0.39, 0.29) is 29.9 Å². The number of para-hydroxylation sites is 1. The van der Waals surface area contributed by atoms with Crippen molar-refractivity contribution in [3.05, 3.63) is 84.0 Å². The Kier molecular flexibility index (Phi) is 5.38. The monoisotopic (exact) mass is 435 g/mol. The molecule has 3 atom stereocenters. The summed E-state index contributed by atoms with van der Waals surface area (Å²) in [6.07, 6.45) is 6.11. The normalized spacial score (nSPS) is 29.0. The van der Waals surface area contributed by atoms with Gasteiger partial charge in [-0.2, -0.15) is 0 Å². The molecule has 0 saturated heterocycles. The molecular weight excluding hydrogens is 406 g/mol. The van der Waals surface area contributed by atoms with Gasteiger partial charge in [0.15, 0.2) is 5.76 Å². The van der Waals surface area contributed by atoms with E-state index in [0.717, 1.165) is 16.8 Å². The van der Waals surface area contributed by atoms with Gasteiger partial charge in [-0.15, -0.1) is 0 Å². The fraction of sp³-hybridized carbons (Fsp3) is 0.320. The molecule has 4 rings (SSSR count). The van der Waals surface area contributed by atoms with Crippen molar-refractivity contribution in [3.63, 3.8) is 0 Å². The van der Waals surface area contributed by atoms with Crippen LogP contribution in [0.3, 0.4) is 0 Å². The molecule has 3 aliphatic rings. The van der Waals surface area contributed by atoms with E-state index in [1.165, 1.54) is 6.08 Å². The molecule has 0 bridgehead atoms. The number of hydrogen-bond acceptors (Lipinski definition) is 6. The Labute approximate surface area is 187 Å². The largest absolute Gasteiger partial charge is 0.508 e. The lowest BCUT2D eigenvalue weighted by Crippen LogP contribution is -2.43. The molecule has 1 aromatic carbocycles. The zero-order valence-corrected chi connectivity index (χ0v) is 18.1. The molecule has 7 nitrogen and oxygen atoms in total. The van der Waals surface area contributed by atoms with Crippen LogP contribution in [-0.2, 0) is 4.79 Å². The molecular formula is C25H29N3O4. The van der Waals surface area contributed by atoms with Crippen molar-refractivity contribution in [2.45, 2.75) is 44.2 Å². The number of fused-ring (bicyclic) bond motifs is 2. The molecule has 1 amide bonds. The van der Waals surface area contributed by atoms with Gasteiger partial charge in [0.1, 0.15) is 5.76 Å². The Morgan fingerprint density at radius 1 is 1.31 bits per heavy atom. The highest BCUT2D eigenvalue weighted by atomic mass is 16.3. The van der Waals surface area contributed by atoms with E-state index in [0.29, 0.717) is 30.4 Å². The number of carbonyl (C=O) groups is 1. The van der Waals surface area contributed by atoms with Crippen molar-refractivity contribution < 1.29 is 20.1 Å². The highest BCUT2D eigenvalue weighted by Gasteiger charge is 2.72. The lowest BCUT2D eigenvalue weighted by molar-refractivity contribution is -0.116. The van der Waals surface area contributed by atoms with Gasteiger partial charge in [-0.3, -0.25) is 4.79 Å². The van der Waals surface area contributed by atoms with Gasteiger partial charge in [0, 0.05) is 29.6 Å². The summed E-state index contributed by atoms with van der Waals surface area (Å²) in [5.74, 6) is -0.695. The highest BCUT2D eigenvalue weighted by Crippen LogP contribution is 2.70. The summed E-state index contributed by atoms with van der Waals surface area (Å²) < 4.78 is 0. The van der Waals surface area contributed by atoms with Crippen molar-refractivity contribution in [1.29, 1.82) is 0 Å². The first-order valence-electron chi connectivity index (χ1n) is 10.7. The van der Waals surface area contributed by atoms with E-state index < -0.39 is 11.0 Å². The van der Waals surface area contributed by atoms with Gasteiger partial charge in [0.05, 0.1) is 16.9 Å².